The topological polar surface area (TPSA) is 67.8 Å². The molecule has 0 spiro atoms. The van der Waals surface area contributed by atoms with Crippen molar-refractivity contribution in [1.82, 2.24) is 15.0 Å². The number of nitrogens with zero attached hydrogens (tertiary/aromatic N) is 3. The number of hydrogen-bond acceptors (Lipinski definition) is 4. The van der Waals surface area contributed by atoms with E-state index in [9.17, 15) is 4.79 Å². The molecule has 0 saturated carbocycles. The molecular weight excluding hydrogens is 288 g/mol. The van der Waals surface area contributed by atoms with E-state index in [1.165, 1.54) is 6.33 Å². The highest BCUT2D eigenvalue weighted by molar-refractivity contribution is 6.08. The maximum absolute atomic E-state index is 12.7. The van der Waals surface area contributed by atoms with Crippen LogP contribution in [0.25, 0.3) is 10.9 Å². The highest BCUT2D eigenvalue weighted by Crippen LogP contribution is 2.24. The second kappa shape index (κ2) is 5.76. The van der Waals surface area contributed by atoms with Crippen LogP contribution in [-0.4, -0.2) is 20.9 Å². The average molecular weight is 304 g/mol. The van der Waals surface area contributed by atoms with Gasteiger partial charge in [0.2, 0.25) is 0 Å². The van der Waals surface area contributed by atoms with Gasteiger partial charge in [-0.25, -0.2) is 9.97 Å². The van der Waals surface area contributed by atoms with Crippen LogP contribution in [0.2, 0.25) is 0 Å². The van der Waals surface area contributed by atoms with Crippen LogP contribution in [-0.2, 0) is 12.8 Å². The molecule has 0 saturated heterocycles. The van der Waals surface area contributed by atoms with Crippen LogP contribution < -0.4 is 5.32 Å². The summed E-state index contributed by atoms with van der Waals surface area (Å²) in [5.74, 6) is -0.179. The molecule has 1 aliphatic rings. The zero-order valence-electron chi connectivity index (χ0n) is 12.6. The number of anilines is 1. The van der Waals surface area contributed by atoms with Crippen molar-refractivity contribution in [2.24, 2.45) is 0 Å². The van der Waals surface area contributed by atoms with E-state index in [0.29, 0.717) is 5.69 Å². The molecule has 5 nitrogen and oxygen atoms in total. The molecule has 0 bridgehead atoms. The Balaban J connectivity index is 1.70. The van der Waals surface area contributed by atoms with Gasteiger partial charge >= 0.3 is 0 Å². The second-order valence-electron chi connectivity index (χ2n) is 5.68. The van der Waals surface area contributed by atoms with Gasteiger partial charge in [-0.1, -0.05) is 6.07 Å². The molecule has 0 aliphatic heterocycles. The molecule has 3 aromatic rings. The van der Waals surface area contributed by atoms with E-state index in [4.69, 9.17) is 0 Å². The van der Waals surface area contributed by atoms with Crippen LogP contribution in [0.3, 0.4) is 0 Å². The zero-order valence-corrected chi connectivity index (χ0v) is 12.6. The summed E-state index contributed by atoms with van der Waals surface area (Å²) in [4.78, 5) is 25.6. The largest absolute Gasteiger partial charge is 0.320 e. The summed E-state index contributed by atoms with van der Waals surface area (Å²) in [7, 11) is 0. The molecule has 0 atom stereocenters. The van der Waals surface area contributed by atoms with Crippen LogP contribution in [0.15, 0.2) is 42.9 Å². The number of carbonyl (C=O) groups excluding carboxylic acids is 1. The highest BCUT2D eigenvalue weighted by Gasteiger charge is 2.20. The first-order chi connectivity index (χ1) is 11.3. The number of carbonyl (C=O) groups is 1. The quantitative estimate of drug-likeness (QED) is 0.789. The van der Waals surface area contributed by atoms with Crippen molar-refractivity contribution in [2.75, 3.05) is 5.32 Å². The summed E-state index contributed by atoms with van der Waals surface area (Å²) < 4.78 is 0. The fourth-order valence-electron chi connectivity index (χ4n) is 3.11. The van der Waals surface area contributed by atoms with E-state index in [0.717, 1.165) is 53.5 Å². The molecule has 114 valence electrons. The van der Waals surface area contributed by atoms with Gasteiger partial charge in [-0.3, -0.25) is 9.78 Å². The van der Waals surface area contributed by atoms with Gasteiger partial charge in [-0.05, 0) is 49.9 Å². The Morgan fingerprint density at radius 1 is 1.00 bits per heavy atom. The van der Waals surface area contributed by atoms with Gasteiger partial charge in [0.25, 0.3) is 5.91 Å². The molecule has 5 heteroatoms. The van der Waals surface area contributed by atoms with Crippen molar-refractivity contribution < 1.29 is 4.79 Å². The van der Waals surface area contributed by atoms with E-state index < -0.39 is 0 Å². The zero-order chi connectivity index (χ0) is 15.6. The van der Waals surface area contributed by atoms with Gasteiger partial charge in [0, 0.05) is 22.8 Å². The van der Waals surface area contributed by atoms with Crippen LogP contribution in [0.4, 0.5) is 5.69 Å². The molecule has 1 N–H and O–H groups in total. The molecule has 0 radical (unpaired) electrons. The molecule has 1 aliphatic carbocycles. The third kappa shape index (κ3) is 2.54. The van der Waals surface area contributed by atoms with E-state index in [2.05, 4.69) is 20.3 Å². The monoisotopic (exact) mass is 304 g/mol. The van der Waals surface area contributed by atoms with E-state index >= 15 is 0 Å². The Kier molecular flexibility index (Phi) is 3.46. The SMILES string of the molecule is O=C(Nc1cccc2ncccc12)c1ncnc2c1CCCC2. The van der Waals surface area contributed by atoms with E-state index in [-0.39, 0.29) is 5.91 Å². The molecule has 2 heterocycles. The molecule has 1 aromatic carbocycles. The summed E-state index contributed by atoms with van der Waals surface area (Å²) in [6, 6.07) is 9.52. The normalized spacial score (nSPS) is 13.6. The van der Waals surface area contributed by atoms with Crippen molar-refractivity contribution in [1.29, 1.82) is 0 Å². The molecule has 4 rings (SSSR count). The van der Waals surface area contributed by atoms with E-state index in [1.807, 2.05) is 30.3 Å². The molecule has 1 amide bonds. The lowest BCUT2D eigenvalue weighted by Gasteiger charge is -2.17. The number of benzene rings is 1. The third-order valence-corrected chi connectivity index (χ3v) is 4.23. The Bertz CT molecular complexity index is 886. The van der Waals surface area contributed by atoms with E-state index in [1.54, 1.807) is 6.20 Å². The van der Waals surface area contributed by atoms with Crippen molar-refractivity contribution in [2.45, 2.75) is 25.7 Å². The minimum absolute atomic E-state index is 0.179. The predicted molar refractivity (Wildman–Crippen MR) is 88.4 cm³/mol. The van der Waals surface area contributed by atoms with Crippen molar-refractivity contribution >= 4 is 22.5 Å². The Hall–Kier alpha value is -2.82. The Morgan fingerprint density at radius 3 is 2.87 bits per heavy atom. The molecule has 23 heavy (non-hydrogen) atoms. The van der Waals surface area contributed by atoms with Crippen LogP contribution in [0.5, 0.6) is 0 Å². The third-order valence-electron chi connectivity index (χ3n) is 4.23. The number of nitrogens with one attached hydrogen (secondary N) is 1. The number of amides is 1. The summed E-state index contributed by atoms with van der Waals surface area (Å²) in [6.07, 6.45) is 7.24. The van der Waals surface area contributed by atoms with Gasteiger partial charge in [0.15, 0.2) is 0 Å². The fraction of sp³-hybridized carbons (Fsp3) is 0.222. The Labute approximate surface area is 133 Å². The molecule has 2 aromatic heterocycles. The van der Waals surface area contributed by atoms with Crippen molar-refractivity contribution in [3.05, 3.63) is 59.8 Å². The van der Waals surface area contributed by atoms with Crippen LogP contribution in [0, 0.1) is 0 Å². The average Bonchev–Trinajstić information content (AvgIpc) is 2.61. The fourth-order valence-corrected chi connectivity index (χ4v) is 3.11. The van der Waals surface area contributed by atoms with Crippen LogP contribution >= 0.6 is 0 Å². The minimum atomic E-state index is -0.179. The second-order valence-corrected chi connectivity index (χ2v) is 5.68. The maximum Gasteiger partial charge on any atom is 0.274 e. The summed E-state index contributed by atoms with van der Waals surface area (Å²) in [6.45, 7) is 0. The van der Waals surface area contributed by atoms with Gasteiger partial charge in [-0.15, -0.1) is 0 Å². The van der Waals surface area contributed by atoms with Gasteiger partial charge in [0.05, 0.1) is 11.2 Å². The summed E-state index contributed by atoms with van der Waals surface area (Å²) >= 11 is 0. The maximum atomic E-state index is 12.7. The lowest BCUT2D eigenvalue weighted by molar-refractivity contribution is 0.102. The lowest BCUT2D eigenvalue weighted by atomic mass is 9.94. The number of pyridine rings is 1. The lowest BCUT2D eigenvalue weighted by Crippen LogP contribution is -2.20. The van der Waals surface area contributed by atoms with Gasteiger partial charge in [0.1, 0.15) is 12.0 Å². The number of aromatic nitrogens is 3. The number of rotatable bonds is 2. The highest BCUT2D eigenvalue weighted by atomic mass is 16.1. The van der Waals surface area contributed by atoms with Gasteiger partial charge < -0.3 is 5.32 Å². The van der Waals surface area contributed by atoms with Crippen molar-refractivity contribution in [3.63, 3.8) is 0 Å². The van der Waals surface area contributed by atoms with Crippen LogP contribution in [0.1, 0.15) is 34.6 Å². The molecular formula is C18H16N4O. The first-order valence-electron chi connectivity index (χ1n) is 7.81. The molecule has 0 fully saturated rings. The minimum Gasteiger partial charge on any atom is -0.320 e. The standard InChI is InChI=1S/C18H16N4O/c23-18(17-13-5-1-2-7-15(13)20-11-21-17)22-16-9-3-8-14-12(16)6-4-10-19-14/h3-4,6,8-11H,1-2,5,7H2,(H,22,23). The van der Waals surface area contributed by atoms with Gasteiger partial charge in [-0.2, -0.15) is 0 Å². The van der Waals surface area contributed by atoms with Crippen molar-refractivity contribution in [3.8, 4) is 0 Å². The number of aryl methyl sites for hydroxylation is 1. The number of hydrogen-bond donors (Lipinski definition) is 1. The Morgan fingerprint density at radius 2 is 1.91 bits per heavy atom. The summed E-state index contributed by atoms with van der Waals surface area (Å²) in [5.41, 5.74) is 4.11. The predicted octanol–water partition coefficient (Wildman–Crippen LogP) is 3.16. The number of fused-ring (bicyclic) bond motifs is 2. The molecule has 0 unspecified atom stereocenters. The summed E-state index contributed by atoms with van der Waals surface area (Å²) in [5, 5.41) is 3.90. The smallest absolute Gasteiger partial charge is 0.274 e. The first-order valence-corrected chi connectivity index (χ1v) is 7.81. The first kappa shape index (κ1) is 13.8.